The first-order valence-electron chi connectivity index (χ1n) is 9.31. The van der Waals surface area contributed by atoms with E-state index < -0.39 is 0 Å². The highest BCUT2D eigenvalue weighted by Gasteiger charge is 2.12. The monoisotopic (exact) mass is 435 g/mol. The lowest BCUT2D eigenvalue weighted by atomic mass is 10.1. The standard InChI is InChI=1S/C23H18ClN3O4/c1-30-17-5-3-4-16(12-17)27-13-25-20-10-14(6-8-18(20)23(27)29)22(28)26-15-7-9-21(31-2)19(24)11-15/h3-13H,1-2H3,(H,26,28). The fourth-order valence-electron chi connectivity index (χ4n) is 3.15. The summed E-state index contributed by atoms with van der Waals surface area (Å²) in [5.74, 6) is 0.805. The van der Waals surface area contributed by atoms with Gasteiger partial charge in [-0.05, 0) is 48.5 Å². The number of ether oxygens (including phenoxy) is 2. The van der Waals surface area contributed by atoms with E-state index >= 15 is 0 Å². The first-order valence-corrected chi connectivity index (χ1v) is 9.68. The molecule has 0 radical (unpaired) electrons. The van der Waals surface area contributed by atoms with Gasteiger partial charge in [-0.1, -0.05) is 17.7 Å². The minimum Gasteiger partial charge on any atom is -0.497 e. The number of carbonyl (C=O) groups excluding carboxylic acids is 1. The third-order valence-corrected chi connectivity index (χ3v) is 5.06. The van der Waals surface area contributed by atoms with Gasteiger partial charge in [-0.2, -0.15) is 0 Å². The average molecular weight is 436 g/mol. The molecule has 0 atom stereocenters. The predicted molar refractivity (Wildman–Crippen MR) is 120 cm³/mol. The van der Waals surface area contributed by atoms with Crippen molar-refractivity contribution in [3.05, 3.63) is 87.9 Å². The van der Waals surface area contributed by atoms with E-state index in [0.717, 1.165) is 0 Å². The van der Waals surface area contributed by atoms with Gasteiger partial charge in [0.25, 0.3) is 11.5 Å². The summed E-state index contributed by atoms with van der Waals surface area (Å²) in [6, 6.07) is 16.8. The number of halogens is 1. The van der Waals surface area contributed by atoms with Crippen molar-refractivity contribution in [3.8, 4) is 17.2 Å². The van der Waals surface area contributed by atoms with Gasteiger partial charge in [0, 0.05) is 17.3 Å². The van der Waals surface area contributed by atoms with Crippen molar-refractivity contribution in [2.75, 3.05) is 19.5 Å². The molecule has 0 bridgehead atoms. The van der Waals surface area contributed by atoms with Gasteiger partial charge in [0.2, 0.25) is 0 Å². The van der Waals surface area contributed by atoms with Gasteiger partial charge in [0.1, 0.15) is 17.8 Å². The highest BCUT2D eigenvalue weighted by Crippen LogP contribution is 2.27. The maximum atomic E-state index is 13.0. The summed E-state index contributed by atoms with van der Waals surface area (Å²) in [5, 5.41) is 3.56. The quantitative estimate of drug-likeness (QED) is 0.505. The number of methoxy groups -OCH3 is 2. The average Bonchev–Trinajstić information content (AvgIpc) is 2.79. The topological polar surface area (TPSA) is 82.5 Å². The molecule has 0 saturated carbocycles. The molecule has 7 nitrogen and oxygen atoms in total. The number of anilines is 1. The molecule has 0 fully saturated rings. The van der Waals surface area contributed by atoms with E-state index in [0.29, 0.717) is 44.4 Å². The molecule has 156 valence electrons. The zero-order valence-corrected chi connectivity index (χ0v) is 17.5. The lowest BCUT2D eigenvalue weighted by molar-refractivity contribution is 0.102. The molecule has 1 N–H and O–H groups in total. The van der Waals surface area contributed by atoms with Crippen molar-refractivity contribution in [2.45, 2.75) is 0 Å². The Kier molecular flexibility index (Phi) is 5.60. The number of carbonyl (C=O) groups is 1. The van der Waals surface area contributed by atoms with Crippen LogP contribution in [0.3, 0.4) is 0 Å². The Morgan fingerprint density at radius 2 is 1.87 bits per heavy atom. The van der Waals surface area contributed by atoms with Crippen LogP contribution in [0.2, 0.25) is 5.02 Å². The van der Waals surface area contributed by atoms with Crippen LogP contribution in [-0.2, 0) is 0 Å². The molecule has 0 spiro atoms. The first-order chi connectivity index (χ1) is 15.0. The molecule has 31 heavy (non-hydrogen) atoms. The SMILES string of the molecule is COc1cccc(-n2cnc3cc(C(=O)Nc4ccc(OC)c(Cl)c4)ccc3c2=O)c1. The zero-order chi connectivity index (χ0) is 22.0. The Balaban J connectivity index is 1.64. The van der Waals surface area contributed by atoms with Gasteiger partial charge in [0.05, 0.1) is 35.8 Å². The first kappa shape index (κ1) is 20.4. The fourth-order valence-corrected chi connectivity index (χ4v) is 3.41. The van der Waals surface area contributed by atoms with Crippen molar-refractivity contribution >= 4 is 34.1 Å². The molecule has 0 aliphatic rings. The summed E-state index contributed by atoms with van der Waals surface area (Å²) in [6.07, 6.45) is 1.43. The summed E-state index contributed by atoms with van der Waals surface area (Å²) in [7, 11) is 3.08. The number of hydrogen-bond donors (Lipinski definition) is 1. The number of benzene rings is 3. The lowest BCUT2D eigenvalue weighted by Gasteiger charge is -2.10. The Morgan fingerprint density at radius 3 is 2.61 bits per heavy atom. The molecule has 1 heterocycles. The predicted octanol–water partition coefficient (Wildman–Crippen LogP) is 4.31. The van der Waals surface area contributed by atoms with E-state index in [-0.39, 0.29) is 11.5 Å². The van der Waals surface area contributed by atoms with Crippen LogP contribution in [0.25, 0.3) is 16.6 Å². The second-order valence-corrected chi connectivity index (χ2v) is 7.06. The van der Waals surface area contributed by atoms with Crippen molar-refractivity contribution in [1.82, 2.24) is 9.55 Å². The highest BCUT2D eigenvalue weighted by molar-refractivity contribution is 6.32. The summed E-state index contributed by atoms with van der Waals surface area (Å²) in [5.41, 5.74) is 1.71. The van der Waals surface area contributed by atoms with Crippen LogP contribution in [0.1, 0.15) is 10.4 Å². The van der Waals surface area contributed by atoms with Gasteiger partial charge in [-0.3, -0.25) is 14.2 Å². The molecule has 0 unspecified atom stereocenters. The number of hydrogen-bond acceptors (Lipinski definition) is 5. The lowest BCUT2D eigenvalue weighted by Crippen LogP contribution is -2.19. The second-order valence-electron chi connectivity index (χ2n) is 6.66. The van der Waals surface area contributed by atoms with Gasteiger partial charge in [0.15, 0.2) is 0 Å². The normalized spacial score (nSPS) is 10.7. The Morgan fingerprint density at radius 1 is 1.03 bits per heavy atom. The smallest absolute Gasteiger partial charge is 0.265 e. The van der Waals surface area contributed by atoms with Crippen LogP contribution < -0.4 is 20.3 Å². The molecule has 0 aliphatic carbocycles. The minimum atomic E-state index is -0.345. The van der Waals surface area contributed by atoms with Gasteiger partial charge in [-0.25, -0.2) is 4.98 Å². The third kappa shape index (κ3) is 4.08. The highest BCUT2D eigenvalue weighted by atomic mass is 35.5. The van der Waals surface area contributed by atoms with Gasteiger partial charge < -0.3 is 14.8 Å². The molecule has 4 aromatic rings. The Hall–Kier alpha value is -3.84. The van der Waals surface area contributed by atoms with E-state index in [9.17, 15) is 9.59 Å². The number of rotatable bonds is 5. The van der Waals surface area contributed by atoms with E-state index in [2.05, 4.69) is 10.3 Å². The largest absolute Gasteiger partial charge is 0.497 e. The van der Waals surface area contributed by atoms with E-state index in [4.69, 9.17) is 21.1 Å². The number of nitrogens with one attached hydrogen (secondary N) is 1. The summed E-state index contributed by atoms with van der Waals surface area (Å²) in [4.78, 5) is 30.0. The van der Waals surface area contributed by atoms with Crippen LogP contribution in [0.4, 0.5) is 5.69 Å². The molecule has 1 aromatic heterocycles. The van der Waals surface area contributed by atoms with E-state index in [1.54, 1.807) is 67.8 Å². The minimum absolute atomic E-state index is 0.243. The van der Waals surface area contributed by atoms with Gasteiger partial charge >= 0.3 is 0 Å². The number of fused-ring (bicyclic) bond motifs is 1. The second kappa shape index (κ2) is 8.49. The molecule has 8 heteroatoms. The summed E-state index contributed by atoms with van der Waals surface area (Å²) < 4.78 is 11.8. The van der Waals surface area contributed by atoms with Crippen LogP contribution >= 0.6 is 11.6 Å². The summed E-state index contributed by atoms with van der Waals surface area (Å²) >= 11 is 6.11. The molecule has 0 saturated heterocycles. The Bertz CT molecular complexity index is 1350. The Labute approximate surface area is 182 Å². The number of aromatic nitrogens is 2. The summed E-state index contributed by atoms with van der Waals surface area (Å²) in [6.45, 7) is 0. The fraction of sp³-hybridized carbons (Fsp3) is 0.0870. The van der Waals surface area contributed by atoms with Crippen LogP contribution in [0.15, 0.2) is 71.8 Å². The number of nitrogens with zero attached hydrogens (tertiary/aromatic N) is 2. The van der Waals surface area contributed by atoms with Crippen molar-refractivity contribution in [1.29, 1.82) is 0 Å². The third-order valence-electron chi connectivity index (χ3n) is 4.76. The van der Waals surface area contributed by atoms with Gasteiger partial charge in [-0.15, -0.1) is 0 Å². The van der Waals surface area contributed by atoms with Crippen LogP contribution in [0.5, 0.6) is 11.5 Å². The molecule has 3 aromatic carbocycles. The van der Waals surface area contributed by atoms with Crippen LogP contribution in [0, 0.1) is 0 Å². The maximum absolute atomic E-state index is 13.0. The molecular formula is C23H18ClN3O4. The van der Waals surface area contributed by atoms with Crippen molar-refractivity contribution in [2.24, 2.45) is 0 Å². The van der Waals surface area contributed by atoms with Crippen molar-refractivity contribution in [3.63, 3.8) is 0 Å². The van der Waals surface area contributed by atoms with Crippen molar-refractivity contribution < 1.29 is 14.3 Å². The maximum Gasteiger partial charge on any atom is 0.265 e. The van der Waals surface area contributed by atoms with E-state index in [1.807, 2.05) is 0 Å². The van der Waals surface area contributed by atoms with Crippen LogP contribution in [-0.4, -0.2) is 29.7 Å². The zero-order valence-electron chi connectivity index (χ0n) is 16.8. The molecular weight excluding hydrogens is 418 g/mol. The number of amides is 1. The molecule has 4 rings (SSSR count). The van der Waals surface area contributed by atoms with E-state index in [1.165, 1.54) is 18.0 Å². The molecule has 0 aliphatic heterocycles. The molecule has 1 amide bonds.